The molecule has 18 heavy (non-hydrogen) atoms. The first-order valence-corrected chi connectivity index (χ1v) is 8.22. The van der Waals surface area contributed by atoms with Crippen molar-refractivity contribution in [3.8, 4) is 0 Å². The van der Waals surface area contributed by atoms with E-state index >= 15 is 0 Å². The quantitative estimate of drug-likeness (QED) is 0.496. The van der Waals surface area contributed by atoms with Crippen LogP contribution in [0.2, 0.25) is 0 Å². The smallest absolute Gasteiger partial charge is 0.0291 e. The van der Waals surface area contributed by atoms with E-state index < -0.39 is 0 Å². The van der Waals surface area contributed by atoms with Crippen LogP contribution in [-0.4, -0.2) is 12.3 Å². The van der Waals surface area contributed by atoms with E-state index in [9.17, 15) is 0 Å². The predicted molar refractivity (Wildman–Crippen MR) is 83.4 cm³/mol. The molecule has 1 aromatic carbocycles. The summed E-state index contributed by atoms with van der Waals surface area (Å²) >= 11 is 1.98. The van der Waals surface area contributed by atoms with Gasteiger partial charge in [-0.05, 0) is 49.8 Å². The fourth-order valence-electron chi connectivity index (χ4n) is 1.87. The standard InChI is InChI=1S/C16H27NS/c1-4-6-7-13-18-16-10-8-15(9-11-16)14(3)17-12-5-2/h8-11,14,17H,4-7,12-13H2,1-3H3. The summed E-state index contributed by atoms with van der Waals surface area (Å²) in [5, 5.41) is 3.52. The van der Waals surface area contributed by atoms with Gasteiger partial charge in [0.1, 0.15) is 0 Å². The summed E-state index contributed by atoms with van der Waals surface area (Å²) in [6.45, 7) is 7.79. The molecule has 102 valence electrons. The molecule has 0 fully saturated rings. The van der Waals surface area contributed by atoms with Gasteiger partial charge in [0.25, 0.3) is 0 Å². The van der Waals surface area contributed by atoms with Crippen molar-refractivity contribution in [3.63, 3.8) is 0 Å². The van der Waals surface area contributed by atoms with Crippen molar-refractivity contribution in [1.29, 1.82) is 0 Å². The van der Waals surface area contributed by atoms with E-state index in [1.54, 1.807) is 0 Å². The van der Waals surface area contributed by atoms with Crippen LogP contribution in [0.4, 0.5) is 0 Å². The van der Waals surface area contributed by atoms with Crippen LogP contribution in [0.3, 0.4) is 0 Å². The van der Waals surface area contributed by atoms with Crippen molar-refractivity contribution >= 4 is 11.8 Å². The minimum absolute atomic E-state index is 0.462. The molecule has 1 nitrogen and oxygen atoms in total. The summed E-state index contributed by atoms with van der Waals surface area (Å²) < 4.78 is 0. The van der Waals surface area contributed by atoms with E-state index in [0.717, 1.165) is 6.54 Å². The fraction of sp³-hybridized carbons (Fsp3) is 0.625. The maximum absolute atomic E-state index is 3.52. The number of thioether (sulfide) groups is 1. The van der Waals surface area contributed by atoms with Gasteiger partial charge in [-0.3, -0.25) is 0 Å². The fourth-order valence-corrected chi connectivity index (χ4v) is 2.79. The lowest BCUT2D eigenvalue weighted by Crippen LogP contribution is -2.19. The summed E-state index contributed by atoms with van der Waals surface area (Å²) in [6.07, 6.45) is 5.18. The molecule has 2 heteroatoms. The van der Waals surface area contributed by atoms with Crippen molar-refractivity contribution in [2.24, 2.45) is 0 Å². The second kappa shape index (κ2) is 9.46. The molecule has 0 heterocycles. The van der Waals surface area contributed by atoms with E-state index in [4.69, 9.17) is 0 Å². The van der Waals surface area contributed by atoms with E-state index in [0.29, 0.717) is 6.04 Å². The molecular formula is C16H27NS. The topological polar surface area (TPSA) is 12.0 Å². The Morgan fingerprint density at radius 3 is 2.39 bits per heavy atom. The van der Waals surface area contributed by atoms with Gasteiger partial charge in [-0.1, -0.05) is 38.8 Å². The van der Waals surface area contributed by atoms with Crippen molar-refractivity contribution in [2.75, 3.05) is 12.3 Å². The summed E-state index contributed by atoms with van der Waals surface area (Å²) in [6, 6.07) is 9.50. The molecule has 0 amide bonds. The molecular weight excluding hydrogens is 238 g/mol. The largest absolute Gasteiger partial charge is 0.310 e. The monoisotopic (exact) mass is 265 g/mol. The highest BCUT2D eigenvalue weighted by Gasteiger charge is 2.03. The molecule has 1 aromatic rings. The lowest BCUT2D eigenvalue weighted by molar-refractivity contribution is 0.570. The molecule has 0 spiro atoms. The third-order valence-corrected chi connectivity index (χ3v) is 4.20. The van der Waals surface area contributed by atoms with Gasteiger partial charge in [-0.25, -0.2) is 0 Å². The number of hydrogen-bond donors (Lipinski definition) is 1. The van der Waals surface area contributed by atoms with Crippen LogP contribution in [0, 0.1) is 0 Å². The molecule has 1 rings (SSSR count). The molecule has 0 aromatic heterocycles. The lowest BCUT2D eigenvalue weighted by atomic mass is 10.1. The first-order chi connectivity index (χ1) is 8.77. The molecule has 0 bridgehead atoms. The van der Waals surface area contributed by atoms with E-state index in [-0.39, 0.29) is 0 Å². The Morgan fingerprint density at radius 1 is 1.06 bits per heavy atom. The highest BCUT2D eigenvalue weighted by atomic mass is 32.2. The molecule has 1 N–H and O–H groups in total. The van der Waals surface area contributed by atoms with Crippen molar-refractivity contribution < 1.29 is 0 Å². The Labute approximate surface area is 117 Å². The Morgan fingerprint density at radius 2 is 1.78 bits per heavy atom. The van der Waals surface area contributed by atoms with Crippen LogP contribution >= 0.6 is 11.8 Å². The van der Waals surface area contributed by atoms with Gasteiger partial charge >= 0.3 is 0 Å². The second-order valence-corrected chi connectivity index (χ2v) is 5.97. The van der Waals surface area contributed by atoms with Crippen molar-refractivity contribution in [2.45, 2.75) is 57.4 Å². The Kier molecular flexibility index (Phi) is 8.19. The maximum atomic E-state index is 3.52. The maximum Gasteiger partial charge on any atom is 0.0291 e. The molecule has 0 saturated heterocycles. The number of nitrogens with one attached hydrogen (secondary N) is 1. The van der Waals surface area contributed by atoms with Crippen molar-refractivity contribution in [1.82, 2.24) is 5.32 Å². The van der Waals surface area contributed by atoms with E-state index in [2.05, 4.69) is 50.4 Å². The average Bonchev–Trinajstić information content (AvgIpc) is 2.41. The van der Waals surface area contributed by atoms with Crippen LogP contribution in [0.25, 0.3) is 0 Å². The third kappa shape index (κ3) is 5.92. The Bertz CT molecular complexity index is 307. The first kappa shape index (κ1) is 15.6. The molecule has 0 aliphatic heterocycles. The SMILES string of the molecule is CCCCCSc1ccc(C(C)NCCC)cc1. The normalized spacial score (nSPS) is 12.6. The van der Waals surface area contributed by atoms with Crippen LogP contribution in [0.1, 0.15) is 58.1 Å². The van der Waals surface area contributed by atoms with Gasteiger partial charge in [-0.2, -0.15) is 0 Å². The minimum atomic E-state index is 0.462. The molecule has 1 atom stereocenters. The summed E-state index contributed by atoms with van der Waals surface area (Å²) in [5.74, 6) is 1.25. The predicted octanol–water partition coefficient (Wildman–Crippen LogP) is 5.03. The van der Waals surface area contributed by atoms with Gasteiger partial charge in [0, 0.05) is 10.9 Å². The van der Waals surface area contributed by atoms with Crippen molar-refractivity contribution in [3.05, 3.63) is 29.8 Å². The Balaban J connectivity index is 2.37. The van der Waals surface area contributed by atoms with Crippen LogP contribution in [0.15, 0.2) is 29.2 Å². The van der Waals surface area contributed by atoms with Gasteiger partial charge in [0.2, 0.25) is 0 Å². The van der Waals surface area contributed by atoms with Crippen LogP contribution < -0.4 is 5.32 Å². The van der Waals surface area contributed by atoms with Gasteiger partial charge in [-0.15, -0.1) is 11.8 Å². The zero-order valence-electron chi connectivity index (χ0n) is 12.0. The molecule has 0 aliphatic carbocycles. The highest BCUT2D eigenvalue weighted by Crippen LogP contribution is 2.22. The zero-order valence-corrected chi connectivity index (χ0v) is 12.9. The van der Waals surface area contributed by atoms with E-state index in [1.165, 1.54) is 41.9 Å². The first-order valence-electron chi connectivity index (χ1n) is 7.24. The summed E-state index contributed by atoms with van der Waals surface area (Å²) in [5.41, 5.74) is 1.39. The van der Waals surface area contributed by atoms with Gasteiger partial charge in [0.15, 0.2) is 0 Å². The van der Waals surface area contributed by atoms with Crippen LogP contribution in [-0.2, 0) is 0 Å². The minimum Gasteiger partial charge on any atom is -0.310 e. The molecule has 0 aliphatic rings. The Hall–Kier alpha value is -0.470. The number of rotatable bonds is 9. The zero-order chi connectivity index (χ0) is 13.2. The molecule has 0 radical (unpaired) electrons. The number of unbranched alkanes of at least 4 members (excludes halogenated alkanes) is 2. The summed E-state index contributed by atoms with van der Waals surface area (Å²) in [7, 11) is 0. The third-order valence-electron chi connectivity index (χ3n) is 3.10. The molecule has 1 unspecified atom stereocenters. The average molecular weight is 265 g/mol. The highest BCUT2D eigenvalue weighted by molar-refractivity contribution is 7.99. The summed E-state index contributed by atoms with van der Waals surface area (Å²) in [4.78, 5) is 1.40. The van der Waals surface area contributed by atoms with E-state index in [1.807, 2.05) is 11.8 Å². The van der Waals surface area contributed by atoms with Gasteiger partial charge in [0.05, 0.1) is 0 Å². The van der Waals surface area contributed by atoms with Gasteiger partial charge < -0.3 is 5.32 Å². The van der Waals surface area contributed by atoms with Crippen LogP contribution in [0.5, 0.6) is 0 Å². The second-order valence-electron chi connectivity index (χ2n) is 4.80. The number of hydrogen-bond acceptors (Lipinski definition) is 2. The number of benzene rings is 1. The molecule has 0 saturated carbocycles. The lowest BCUT2D eigenvalue weighted by Gasteiger charge is -2.14.